The average molecular weight is 318 g/mol. The number of rotatable bonds is 5. The number of nitrogens with one attached hydrogen (secondary N) is 1. The molecular formula is C18H26N2O3. The zero-order chi connectivity index (χ0) is 16.7. The summed E-state index contributed by atoms with van der Waals surface area (Å²) in [4.78, 5) is 25.8. The van der Waals surface area contributed by atoms with E-state index >= 15 is 0 Å². The molecule has 1 aromatic carbocycles. The number of methoxy groups -OCH3 is 1. The molecule has 2 rings (SSSR count). The molecule has 0 spiro atoms. The molecule has 0 heterocycles. The van der Waals surface area contributed by atoms with Gasteiger partial charge in [-0.15, -0.1) is 0 Å². The fourth-order valence-corrected chi connectivity index (χ4v) is 3.06. The second kappa shape index (κ2) is 8.56. The molecule has 1 aliphatic carbocycles. The lowest BCUT2D eigenvalue weighted by atomic mass is 10.1. The van der Waals surface area contributed by atoms with Crippen LogP contribution < -0.4 is 15.0 Å². The second-order valence-corrected chi connectivity index (χ2v) is 6.03. The molecule has 0 radical (unpaired) electrons. The molecular weight excluding hydrogens is 292 g/mol. The molecule has 0 unspecified atom stereocenters. The third-order valence-corrected chi connectivity index (χ3v) is 4.28. The number of anilines is 1. The zero-order valence-electron chi connectivity index (χ0n) is 14.0. The highest BCUT2D eigenvalue weighted by Gasteiger charge is 2.21. The molecule has 1 N–H and O–H groups in total. The lowest BCUT2D eigenvalue weighted by molar-refractivity contribution is -0.123. The van der Waals surface area contributed by atoms with E-state index in [1.807, 2.05) is 12.1 Å². The van der Waals surface area contributed by atoms with Crippen molar-refractivity contribution in [2.24, 2.45) is 0 Å². The van der Waals surface area contributed by atoms with Crippen LogP contribution in [0, 0.1) is 0 Å². The molecule has 1 aliphatic rings. The Morgan fingerprint density at radius 1 is 1.17 bits per heavy atom. The van der Waals surface area contributed by atoms with Gasteiger partial charge < -0.3 is 10.1 Å². The second-order valence-electron chi connectivity index (χ2n) is 6.03. The lowest BCUT2D eigenvalue weighted by Gasteiger charge is -2.24. The van der Waals surface area contributed by atoms with E-state index in [1.54, 1.807) is 19.2 Å². The third kappa shape index (κ3) is 4.98. The molecule has 0 saturated heterocycles. The first-order valence-corrected chi connectivity index (χ1v) is 8.32. The molecule has 1 fully saturated rings. The molecule has 0 aromatic heterocycles. The van der Waals surface area contributed by atoms with Crippen LogP contribution in [0.1, 0.15) is 45.4 Å². The van der Waals surface area contributed by atoms with Crippen molar-refractivity contribution in [2.45, 2.75) is 51.5 Å². The SMILES string of the molecule is COc1ccccc1N(CC(=O)NC1CCCCCC1)C(C)=O. The van der Waals surface area contributed by atoms with Crippen molar-refractivity contribution in [1.82, 2.24) is 5.32 Å². The van der Waals surface area contributed by atoms with Crippen LogP contribution in [0.25, 0.3) is 0 Å². The number of para-hydroxylation sites is 2. The quantitative estimate of drug-likeness (QED) is 0.849. The van der Waals surface area contributed by atoms with Crippen molar-refractivity contribution in [3.8, 4) is 5.75 Å². The third-order valence-electron chi connectivity index (χ3n) is 4.28. The molecule has 0 aliphatic heterocycles. The van der Waals surface area contributed by atoms with Crippen molar-refractivity contribution in [3.05, 3.63) is 24.3 Å². The van der Waals surface area contributed by atoms with E-state index in [4.69, 9.17) is 4.74 Å². The number of carbonyl (C=O) groups excluding carboxylic acids is 2. The Morgan fingerprint density at radius 3 is 2.43 bits per heavy atom. The van der Waals surface area contributed by atoms with Gasteiger partial charge in [-0.05, 0) is 25.0 Å². The van der Waals surface area contributed by atoms with E-state index in [9.17, 15) is 9.59 Å². The number of benzene rings is 1. The largest absolute Gasteiger partial charge is 0.495 e. The first kappa shape index (κ1) is 17.3. The number of hydrogen-bond donors (Lipinski definition) is 1. The molecule has 0 atom stereocenters. The van der Waals surface area contributed by atoms with Crippen LogP contribution in [0.3, 0.4) is 0 Å². The van der Waals surface area contributed by atoms with Crippen molar-refractivity contribution in [3.63, 3.8) is 0 Å². The first-order chi connectivity index (χ1) is 11.1. The summed E-state index contributed by atoms with van der Waals surface area (Å²) < 4.78 is 5.30. The fourth-order valence-electron chi connectivity index (χ4n) is 3.06. The Labute approximate surface area is 138 Å². The molecule has 0 bridgehead atoms. The number of amides is 2. The van der Waals surface area contributed by atoms with E-state index in [-0.39, 0.29) is 24.4 Å². The van der Waals surface area contributed by atoms with Gasteiger partial charge in [0, 0.05) is 13.0 Å². The van der Waals surface area contributed by atoms with Crippen LogP contribution in [-0.2, 0) is 9.59 Å². The van der Waals surface area contributed by atoms with E-state index in [0.717, 1.165) is 25.7 Å². The van der Waals surface area contributed by atoms with Gasteiger partial charge in [-0.1, -0.05) is 37.8 Å². The zero-order valence-corrected chi connectivity index (χ0v) is 14.0. The highest BCUT2D eigenvalue weighted by Crippen LogP contribution is 2.27. The predicted molar refractivity (Wildman–Crippen MR) is 90.7 cm³/mol. The van der Waals surface area contributed by atoms with Crippen LogP contribution in [0.4, 0.5) is 5.69 Å². The molecule has 1 saturated carbocycles. The number of hydrogen-bond acceptors (Lipinski definition) is 3. The Kier molecular flexibility index (Phi) is 6.44. The van der Waals surface area contributed by atoms with Gasteiger partial charge in [-0.25, -0.2) is 0 Å². The van der Waals surface area contributed by atoms with Gasteiger partial charge in [-0.2, -0.15) is 0 Å². The minimum atomic E-state index is -0.175. The summed E-state index contributed by atoms with van der Waals surface area (Å²) in [6.45, 7) is 1.48. The highest BCUT2D eigenvalue weighted by molar-refractivity contribution is 5.98. The van der Waals surface area contributed by atoms with E-state index < -0.39 is 0 Å². The van der Waals surface area contributed by atoms with Gasteiger partial charge in [0.2, 0.25) is 11.8 Å². The van der Waals surface area contributed by atoms with Crippen molar-refractivity contribution in [2.75, 3.05) is 18.6 Å². The molecule has 1 aromatic rings. The monoisotopic (exact) mass is 318 g/mol. The molecule has 5 nitrogen and oxygen atoms in total. The molecule has 5 heteroatoms. The minimum Gasteiger partial charge on any atom is -0.495 e. The van der Waals surface area contributed by atoms with Gasteiger partial charge in [0.15, 0.2) is 0 Å². The van der Waals surface area contributed by atoms with E-state index in [2.05, 4.69) is 5.32 Å². The minimum absolute atomic E-state index is 0.0200. The Balaban J connectivity index is 2.04. The Morgan fingerprint density at radius 2 is 1.83 bits per heavy atom. The smallest absolute Gasteiger partial charge is 0.240 e. The topological polar surface area (TPSA) is 58.6 Å². The van der Waals surface area contributed by atoms with Crippen LogP contribution >= 0.6 is 0 Å². The molecule has 23 heavy (non-hydrogen) atoms. The number of nitrogens with zero attached hydrogens (tertiary/aromatic N) is 1. The summed E-state index contributed by atoms with van der Waals surface area (Å²) in [7, 11) is 1.56. The maximum Gasteiger partial charge on any atom is 0.240 e. The van der Waals surface area contributed by atoms with Crippen LogP contribution in [0.2, 0.25) is 0 Å². The fraction of sp³-hybridized carbons (Fsp3) is 0.556. The highest BCUT2D eigenvalue weighted by atomic mass is 16.5. The number of ether oxygens (including phenoxy) is 1. The summed E-state index contributed by atoms with van der Waals surface area (Å²) in [5.41, 5.74) is 0.624. The maximum absolute atomic E-state index is 12.4. The summed E-state index contributed by atoms with van der Waals surface area (Å²) in [5.74, 6) is 0.300. The van der Waals surface area contributed by atoms with Crippen molar-refractivity contribution >= 4 is 17.5 Å². The van der Waals surface area contributed by atoms with Crippen molar-refractivity contribution < 1.29 is 14.3 Å². The average Bonchev–Trinajstić information content (AvgIpc) is 2.81. The van der Waals surface area contributed by atoms with Gasteiger partial charge >= 0.3 is 0 Å². The molecule has 126 valence electrons. The standard InChI is InChI=1S/C18H26N2O3/c1-14(21)20(16-11-7-8-12-17(16)23-2)13-18(22)19-15-9-5-3-4-6-10-15/h7-8,11-12,15H,3-6,9-10,13H2,1-2H3,(H,19,22). The summed E-state index contributed by atoms with van der Waals surface area (Å²) >= 11 is 0. The Hall–Kier alpha value is -2.04. The van der Waals surface area contributed by atoms with Crippen molar-refractivity contribution in [1.29, 1.82) is 0 Å². The Bertz CT molecular complexity index is 537. The first-order valence-electron chi connectivity index (χ1n) is 8.32. The van der Waals surface area contributed by atoms with E-state index in [0.29, 0.717) is 11.4 Å². The van der Waals surface area contributed by atoms with E-state index in [1.165, 1.54) is 24.7 Å². The normalized spacial score (nSPS) is 15.6. The summed E-state index contributed by atoms with van der Waals surface area (Å²) in [6, 6.07) is 7.48. The van der Waals surface area contributed by atoms with Gasteiger partial charge in [-0.3, -0.25) is 14.5 Å². The predicted octanol–water partition coefficient (Wildman–Crippen LogP) is 2.89. The summed E-state index contributed by atoms with van der Waals surface area (Å²) in [5, 5.41) is 3.08. The van der Waals surface area contributed by atoms with Crippen LogP contribution in [0.5, 0.6) is 5.75 Å². The maximum atomic E-state index is 12.4. The van der Waals surface area contributed by atoms with Crippen LogP contribution in [-0.4, -0.2) is 31.5 Å². The van der Waals surface area contributed by atoms with Gasteiger partial charge in [0.05, 0.1) is 12.8 Å². The number of carbonyl (C=O) groups is 2. The van der Waals surface area contributed by atoms with Crippen LogP contribution in [0.15, 0.2) is 24.3 Å². The lowest BCUT2D eigenvalue weighted by Crippen LogP contribution is -2.43. The van der Waals surface area contributed by atoms with Gasteiger partial charge in [0.1, 0.15) is 12.3 Å². The molecule has 2 amide bonds. The van der Waals surface area contributed by atoms with Gasteiger partial charge in [0.25, 0.3) is 0 Å². The summed E-state index contributed by atoms with van der Waals surface area (Å²) in [6.07, 6.45) is 6.86.